The standard InChI is InChI=1S/C15H13BrO4/c1-2-19-13-5-3-4-6-14(13)20-12-8-10(15(17)18)7-11(16)9-12/h3-9H,2H2,1H3,(H,17,18). The lowest BCUT2D eigenvalue weighted by Gasteiger charge is -2.12. The monoisotopic (exact) mass is 336 g/mol. The van der Waals surface area contributed by atoms with E-state index in [4.69, 9.17) is 14.6 Å². The molecule has 0 spiro atoms. The van der Waals surface area contributed by atoms with Gasteiger partial charge in [0.15, 0.2) is 11.5 Å². The van der Waals surface area contributed by atoms with Crippen LogP contribution in [0.15, 0.2) is 46.9 Å². The van der Waals surface area contributed by atoms with E-state index in [1.165, 1.54) is 12.1 Å². The fraction of sp³-hybridized carbons (Fsp3) is 0.133. The molecule has 5 heteroatoms. The molecular weight excluding hydrogens is 324 g/mol. The van der Waals surface area contributed by atoms with Crippen molar-refractivity contribution >= 4 is 21.9 Å². The van der Waals surface area contributed by atoms with Gasteiger partial charge < -0.3 is 14.6 Å². The number of benzene rings is 2. The SMILES string of the molecule is CCOc1ccccc1Oc1cc(Br)cc(C(=O)O)c1. The lowest BCUT2D eigenvalue weighted by molar-refractivity contribution is 0.0696. The number of halogens is 1. The van der Waals surface area contributed by atoms with Crippen LogP contribution in [0.3, 0.4) is 0 Å². The van der Waals surface area contributed by atoms with E-state index in [-0.39, 0.29) is 5.56 Å². The maximum absolute atomic E-state index is 11.0. The summed E-state index contributed by atoms with van der Waals surface area (Å²) in [5, 5.41) is 9.04. The van der Waals surface area contributed by atoms with Crippen LogP contribution in [0.1, 0.15) is 17.3 Å². The highest BCUT2D eigenvalue weighted by molar-refractivity contribution is 9.10. The maximum Gasteiger partial charge on any atom is 0.335 e. The summed E-state index contributed by atoms with van der Waals surface area (Å²) < 4.78 is 11.8. The molecule has 0 fully saturated rings. The smallest absolute Gasteiger partial charge is 0.335 e. The van der Waals surface area contributed by atoms with Crippen molar-refractivity contribution in [2.24, 2.45) is 0 Å². The van der Waals surface area contributed by atoms with Crippen LogP contribution in [-0.2, 0) is 0 Å². The minimum absolute atomic E-state index is 0.156. The molecule has 20 heavy (non-hydrogen) atoms. The Bertz CT molecular complexity index is 625. The van der Waals surface area contributed by atoms with E-state index in [0.29, 0.717) is 28.3 Å². The van der Waals surface area contributed by atoms with Gasteiger partial charge in [0.05, 0.1) is 12.2 Å². The molecule has 0 aliphatic rings. The predicted octanol–water partition coefficient (Wildman–Crippen LogP) is 4.34. The average Bonchev–Trinajstić information content (AvgIpc) is 2.40. The van der Waals surface area contributed by atoms with E-state index in [2.05, 4.69) is 15.9 Å². The summed E-state index contributed by atoms with van der Waals surface area (Å²) >= 11 is 3.27. The van der Waals surface area contributed by atoms with E-state index in [1.54, 1.807) is 18.2 Å². The van der Waals surface area contributed by atoms with Crippen LogP contribution in [0.2, 0.25) is 0 Å². The highest BCUT2D eigenvalue weighted by Crippen LogP contribution is 2.33. The zero-order valence-electron chi connectivity index (χ0n) is 10.8. The molecule has 0 amide bonds. The molecule has 4 nitrogen and oxygen atoms in total. The van der Waals surface area contributed by atoms with Crippen molar-refractivity contribution in [1.82, 2.24) is 0 Å². The van der Waals surface area contributed by atoms with Crippen molar-refractivity contribution in [3.05, 3.63) is 52.5 Å². The molecule has 2 aromatic rings. The quantitative estimate of drug-likeness (QED) is 0.882. The van der Waals surface area contributed by atoms with Crippen LogP contribution < -0.4 is 9.47 Å². The molecular formula is C15H13BrO4. The first-order chi connectivity index (χ1) is 9.60. The Hall–Kier alpha value is -2.01. The van der Waals surface area contributed by atoms with Gasteiger partial charge >= 0.3 is 5.97 Å². The number of carboxylic acids is 1. The second-order valence-corrected chi connectivity index (χ2v) is 4.88. The Balaban J connectivity index is 2.32. The van der Waals surface area contributed by atoms with Gasteiger partial charge in [-0.05, 0) is 37.3 Å². The molecule has 0 aromatic heterocycles. The van der Waals surface area contributed by atoms with Gasteiger partial charge in [-0.1, -0.05) is 28.1 Å². The number of ether oxygens (including phenoxy) is 2. The van der Waals surface area contributed by atoms with Crippen molar-refractivity contribution in [2.45, 2.75) is 6.92 Å². The third-order valence-electron chi connectivity index (χ3n) is 2.50. The normalized spacial score (nSPS) is 10.1. The zero-order chi connectivity index (χ0) is 14.5. The van der Waals surface area contributed by atoms with Crippen molar-refractivity contribution < 1.29 is 19.4 Å². The Morgan fingerprint density at radius 2 is 1.90 bits per heavy atom. The lowest BCUT2D eigenvalue weighted by Crippen LogP contribution is -1.98. The summed E-state index contributed by atoms with van der Waals surface area (Å²) in [7, 11) is 0. The number of para-hydroxylation sites is 2. The third-order valence-corrected chi connectivity index (χ3v) is 2.95. The van der Waals surface area contributed by atoms with Crippen LogP contribution in [0.5, 0.6) is 17.2 Å². The fourth-order valence-electron chi connectivity index (χ4n) is 1.68. The van der Waals surface area contributed by atoms with E-state index in [0.717, 1.165) is 0 Å². The number of carboxylic acid groups (broad SMARTS) is 1. The fourth-order valence-corrected chi connectivity index (χ4v) is 2.15. The molecule has 1 N–H and O–H groups in total. The van der Waals surface area contributed by atoms with Crippen LogP contribution in [0.25, 0.3) is 0 Å². The number of hydrogen-bond acceptors (Lipinski definition) is 3. The molecule has 0 bridgehead atoms. The van der Waals surface area contributed by atoms with E-state index in [9.17, 15) is 4.79 Å². The highest BCUT2D eigenvalue weighted by Gasteiger charge is 2.10. The number of carbonyl (C=O) groups is 1. The molecule has 2 aromatic carbocycles. The topological polar surface area (TPSA) is 55.8 Å². The first kappa shape index (κ1) is 14.4. The molecule has 0 saturated heterocycles. The van der Waals surface area contributed by atoms with Gasteiger partial charge in [-0.15, -0.1) is 0 Å². The summed E-state index contributed by atoms with van der Waals surface area (Å²) in [6, 6.07) is 11.9. The molecule has 0 aliphatic heterocycles. The van der Waals surface area contributed by atoms with Gasteiger partial charge in [0, 0.05) is 4.47 Å². The second kappa shape index (κ2) is 6.43. The van der Waals surface area contributed by atoms with Crippen LogP contribution in [-0.4, -0.2) is 17.7 Å². The molecule has 0 unspecified atom stereocenters. The Kier molecular flexibility index (Phi) is 4.63. The minimum atomic E-state index is -1.01. The van der Waals surface area contributed by atoms with Gasteiger partial charge in [0.2, 0.25) is 0 Å². The van der Waals surface area contributed by atoms with Gasteiger partial charge in [-0.3, -0.25) is 0 Å². The Morgan fingerprint density at radius 1 is 1.20 bits per heavy atom. The summed E-state index contributed by atoms with van der Waals surface area (Å²) in [6.07, 6.45) is 0. The summed E-state index contributed by atoms with van der Waals surface area (Å²) in [4.78, 5) is 11.0. The van der Waals surface area contributed by atoms with Gasteiger partial charge in [0.25, 0.3) is 0 Å². The van der Waals surface area contributed by atoms with Crippen LogP contribution in [0, 0.1) is 0 Å². The molecule has 0 heterocycles. The first-order valence-corrected chi connectivity index (χ1v) is 6.83. The minimum Gasteiger partial charge on any atom is -0.490 e. The van der Waals surface area contributed by atoms with Gasteiger partial charge in [-0.25, -0.2) is 4.79 Å². The van der Waals surface area contributed by atoms with Crippen LogP contribution in [0.4, 0.5) is 0 Å². The molecule has 2 rings (SSSR count). The second-order valence-electron chi connectivity index (χ2n) is 3.96. The number of hydrogen-bond donors (Lipinski definition) is 1. The highest BCUT2D eigenvalue weighted by atomic mass is 79.9. The summed E-state index contributed by atoms with van der Waals surface area (Å²) in [5.74, 6) is 0.591. The van der Waals surface area contributed by atoms with Gasteiger partial charge in [-0.2, -0.15) is 0 Å². The number of aromatic carboxylic acids is 1. The van der Waals surface area contributed by atoms with E-state index < -0.39 is 5.97 Å². The largest absolute Gasteiger partial charge is 0.490 e. The average molecular weight is 337 g/mol. The Labute approximate surface area is 125 Å². The summed E-state index contributed by atoms with van der Waals surface area (Å²) in [6.45, 7) is 2.41. The van der Waals surface area contributed by atoms with Crippen molar-refractivity contribution in [1.29, 1.82) is 0 Å². The molecule has 0 saturated carbocycles. The van der Waals surface area contributed by atoms with Crippen molar-refractivity contribution in [3.63, 3.8) is 0 Å². The first-order valence-electron chi connectivity index (χ1n) is 6.03. The Morgan fingerprint density at radius 3 is 2.55 bits per heavy atom. The van der Waals surface area contributed by atoms with Crippen LogP contribution >= 0.6 is 15.9 Å². The van der Waals surface area contributed by atoms with E-state index in [1.807, 2.05) is 19.1 Å². The van der Waals surface area contributed by atoms with Crippen molar-refractivity contribution in [2.75, 3.05) is 6.61 Å². The predicted molar refractivity (Wildman–Crippen MR) is 78.8 cm³/mol. The summed E-state index contributed by atoms with van der Waals surface area (Å²) in [5.41, 5.74) is 0.156. The van der Waals surface area contributed by atoms with E-state index >= 15 is 0 Å². The van der Waals surface area contributed by atoms with Gasteiger partial charge in [0.1, 0.15) is 5.75 Å². The maximum atomic E-state index is 11.0. The number of rotatable bonds is 5. The molecule has 0 aliphatic carbocycles. The molecule has 0 atom stereocenters. The molecule has 104 valence electrons. The molecule has 0 radical (unpaired) electrons. The lowest BCUT2D eigenvalue weighted by atomic mass is 10.2. The third kappa shape index (κ3) is 3.51. The zero-order valence-corrected chi connectivity index (χ0v) is 12.4. The van der Waals surface area contributed by atoms with Crippen molar-refractivity contribution in [3.8, 4) is 17.2 Å².